The number of fused-ring (bicyclic) bond motifs is 1. The zero-order valence-corrected chi connectivity index (χ0v) is 11.2. The van der Waals surface area contributed by atoms with Crippen molar-refractivity contribution in [2.45, 2.75) is 6.42 Å². The fraction of sp³-hybridized carbons (Fsp3) is 0.188. The molecule has 0 saturated carbocycles. The number of halogens is 2. The van der Waals surface area contributed by atoms with Crippen LogP contribution in [0.25, 0.3) is 0 Å². The van der Waals surface area contributed by atoms with Crippen molar-refractivity contribution < 1.29 is 13.6 Å². The summed E-state index contributed by atoms with van der Waals surface area (Å²) < 4.78 is 26.4. The fourth-order valence-electron chi connectivity index (χ4n) is 2.45. The smallest absolute Gasteiger partial charge is 0.229 e. The number of nitrogens with one attached hydrogen (secondary N) is 2. The number of anilines is 2. The summed E-state index contributed by atoms with van der Waals surface area (Å²) >= 11 is 0. The molecule has 1 aliphatic heterocycles. The first-order chi connectivity index (χ1) is 10.1. The average Bonchev–Trinajstić information content (AvgIpc) is 2.49. The number of hydrogen-bond acceptors (Lipinski definition) is 2. The molecule has 3 nitrogen and oxygen atoms in total. The average molecular weight is 288 g/mol. The number of carbonyl (C=O) groups is 1. The third-order valence-corrected chi connectivity index (χ3v) is 3.58. The van der Waals surface area contributed by atoms with Crippen LogP contribution in [-0.4, -0.2) is 12.5 Å². The number of hydrogen-bond donors (Lipinski definition) is 2. The van der Waals surface area contributed by atoms with Crippen molar-refractivity contribution in [3.8, 4) is 0 Å². The maximum atomic E-state index is 13.5. The van der Waals surface area contributed by atoms with Crippen LogP contribution in [0.15, 0.2) is 42.5 Å². The van der Waals surface area contributed by atoms with Crippen LogP contribution in [0.2, 0.25) is 0 Å². The van der Waals surface area contributed by atoms with Crippen LogP contribution >= 0.6 is 0 Å². The van der Waals surface area contributed by atoms with Gasteiger partial charge in [-0.2, -0.15) is 0 Å². The molecule has 1 heterocycles. The van der Waals surface area contributed by atoms with E-state index in [1.165, 1.54) is 6.07 Å². The van der Waals surface area contributed by atoms with Crippen LogP contribution in [0.5, 0.6) is 0 Å². The van der Waals surface area contributed by atoms with Crippen LogP contribution in [0.4, 0.5) is 20.2 Å². The van der Waals surface area contributed by atoms with E-state index in [2.05, 4.69) is 10.6 Å². The van der Waals surface area contributed by atoms with Crippen LogP contribution in [0, 0.1) is 17.6 Å². The maximum absolute atomic E-state index is 13.5. The Bertz CT molecular complexity index is 688. The SMILES string of the molecule is O=C(Nc1ccc(F)cc1F)C1CNc2ccccc2C1. The summed E-state index contributed by atoms with van der Waals surface area (Å²) in [6.07, 6.45) is 0.595. The highest BCUT2D eigenvalue weighted by atomic mass is 19.1. The molecule has 0 bridgehead atoms. The standard InChI is InChI=1S/C16H14F2N2O/c17-12-5-6-15(13(18)8-12)20-16(21)11-7-10-3-1-2-4-14(10)19-9-11/h1-6,8,11,19H,7,9H2,(H,20,21). The molecule has 2 N–H and O–H groups in total. The summed E-state index contributed by atoms with van der Waals surface area (Å²) in [5.41, 5.74) is 2.08. The molecule has 3 rings (SSSR count). The summed E-state index contributed by atoms with van der Waals surface area (Å²) in [7, 11) is 0. The van der Waals surface area contributed by atoms with Gasteiger partial charge >= 0.3 is 0 Å². The summed E-state index contributed by atoms with van der Waals surface area (Å²) in [4.78, 5) is 12.2. The van der Waals surface area contributed by atoms with Crippen LogP contribution in [0.3, 0.4) is 0 Å². The van der Waals surface area contributed by atoms with Gasteiger partial charge in [-0.15, -0.1) is 0 Å². The molecule has 0 radical (unpaired) electrons. The minimum atomic E-state index is -0.771. The van der Waals surface area contributed by atoms with Crippen molar-refractivity contribution in [1.29, 1.82) is 0 Å². The molecule has 1 atom stereocenters. The number of carbonyl (C=O) groups excluding carboxylic acids is 1. The van der Waals surface area contributed by atoms with Crippen molar-refractivity contribution in [2.24, 2.45) is 5.92 Å². The topological polar surface area (TPSA) is 41.1 Å². The Hall–Kier alpha value is -2.43. The summed E-state index contributed by atoms with van der Waals surface area (Å²) in [6, 6.07) is 10.9. The van der Waals surface area contributed by atoms with Gasteiger partial charge in [0.15, 0.2) is 0 Å². The van der Waals surface area contributed by atoms with Crippen LogP contribution < -0.4 is 10.6 Å². The first kappa shape index (κ1) is 13.5. The first-order valence-electron chi connectivity index (χ1n) is 6.71. The minimum Gasteiger partial charge on any atom is -0.384 e. The molecule has 0 aliphatic carbocycles. The number of rotatable bonds is 2. The first-order valence-corrected chi connectivity index (χ1v) is 6.71. The molecule has 0 aromatic heterocycles. The van der Waals surface area contributed by atoms with Crippen molar-refractivity contribution in [2.75, 3.05) is 17.2 Å². The summed E-state index contributed by atoms with van der Waals surface area (Å²) in [5, 5.41) is 5.71. The van der Waals surface area contributed by atoms with E-state index >= 15 is 0 Å². The number of amides is 1. The van der Waals surface area contributed by atoms with E-state index in [0.29, 0.717) is 13.0 Å². The predicted octanol–water partition coefficient (Wildman–Crippen LogP) is 3.19. The van der Waals surface area contributed by atoms with Gasteiger partial charge in [0.05, 0.1) is 11.6 Å². The van der Waals surface area contributed by atoms with E-state index < -0.39 is 11.6 Å². The Morgan fingerprint density at radius 1 is 1.19 bits per heavy atom. The van der Waals surface area contributed by atoms with Crippen LogP contribution in [-0.2, 0) is 11.2 Å². The van der Waals surface area contributed by atoms with Crippen molar-refractivity contribution >= 4 is 17.3 Å². The Morgan fingerprint density at radius 3 is 2.81 bits per heavy atom. The van der Waals surface area contributed by atoms with Gasteiger partial charge in [-0.05, 0) is 30.2 Å². The quantitative estimate of drug-likeness (QED) is 0.891. The van der Waals surface area contributed by atoms with E-state index in [4.69, 9.17) is 0 Å². The largest absolute Gasteiger partial charge is 0.384 e. The zero-order valence-electron chi connectivity index (χ0n) is 11.2. The van der Waals surface area contributed by atoms with E-state index in [-0.39, 0.29) is 17.5 Å². The Labute approximate surface area is 121 Å². The molecule has 0 saturated heterocycles. The third kappa shape index (κ3) is 2.86. The minimum absolute atomic E-state index is 0.000239. The van der Waals surface area contributed by atoms with Gasteiger partial charge in [-0.1, -0.05) is 18.2 Å². The molecule has 21 heavy (non-hydrogen) atoms. The molecule has 1 unspecified atom stereocenters. The molecular weight excluding hydrogens is 274 g/mol. The second kappa shape index (κ2) is 5.52. The lowest BCUT2D eigenvalue weighted by molar-refractivity contribution is -0.119. The molecule has 108 valence electrons. The summed E-state index contributed by atoms with van der Waals surface area (Å²) in [6.45, 7) is 0.492. The van der Waals surface area contributed by atoms with Gasteiger partial charge in [0.25, 0.3) is 0 Å². The van der Waals surface area contributed by atoms with Gasteiger partial charge in [0, 0.05) is 18.3 Å². The highest BCUT2D eigenvalue weighted by Crippen LogP contribution is 2.25. The van der Waals surface area contributed by atoms with Gasteiger partial charge in [-0.25, -0.2) is 8.78 Å². The van der Waals surface area contributed by atoms with E-state index in [1.54, 1.807) is 0 Å². The van der Waals surface area contributed by atoms with E-state index in [0.717, 1.165) is 23.4 Å². The monoisotopic (exact) mass is 288 g/mol. The normalized spacial score (nSPS) is 16.8. The van der Waals surface area contributed by atoms with E-state index in [1.807, 2.05) is 24.3 Å². The zero-order chi connectivity index (χ0) is 14.8. The van der Waals surface area contributed by atoms with Gasteiger partial charge in [-0.3, -0.25) is 4.79 Å². The molecule has 1 aliphatic rings. The van der Waals surface area contributed by atoms with Gasteiger partial charge < -0.3 is 10.6 Å². The van der Waals surface area contributed by atoms with Crippen LogP contribution in [0.1, 0.15) is 5.56 Å². The molecule has 0 spiro atoms. The molecule has 2 aromatic rings. The molecular formula is C16H14F2N2O. The Kier molecular flexibility index (Phi) is 3.56. The van der Waals surface area contributed by atoms with Gasteiger partial charge in [0.1, 0.15) is 11.6 Å². The predicted molar refractivity (Wildman–Crippen MR) is 77.1 cm³/mol. The Morgan fingerprint density at radius 2 is 2.00 bits per heavy atom. The van der Waals surface area contributed by atoms with Gasteiger partial charge in [0.2, 0.25) is 5.91 Å². The van der Waals surface area contributed by atoms with E-state index in [9.17, 15) is 13.6 Å². The molecule has 2 aromatic carbocycles. The highest BCUT2D eigenvalue weighted by molar-refractivity contribution is 5.93. The van der Waals surface area contributed by atoms with Crippen molar-refractivity contribution in [3.05, 3.63) is 59.7 Å². The molecule has 5 heteroatoms. The lowest BCUT2D eigenvalue weighted by Crippen LogP contribution is -2.33. The number of benzene rings is 2. The second-order valence-electron chi connectivity index (χ2n) is 5.05. The van der Waals surface area contributed by atoms with Crippen molar-refractivity contribution in [1.82, 2.24) is 0 Å². The number of para-hydroxylation sites is 1. The van der Waals surface area contributed by atoms with Crippen molar-refractivity contribution in [3.63, 3.8) is 0 Å². The maximum Gasteiger partial charge on any atom is 0.229 e. The third-order valence-electron chi connectivity index (χ3n) is 3.58. The second-order valence-corrected chi connectivity index (χ2v) is 5.05. The lowest BCUT2D eigenvalue weighted by Gasteiger charge is -2.25. The molecule has 1 amide bonds. The molecule has 0 fully saturated rings. The fourth-order valence-corrected chi connectivity index (χ4v) is 2.45. The lowest BCUT2D eigenvalue weighted by atomic mass is 9.93. The Balaban J connectivity index is 1.72. The highest BCUT2D eigenvalue weighted by Gasteiger charge is 2.24. The summed E-state index contributed by atoms with van der Waals surface area (Å²) in [5.74, 6) is -2.00.